The number of hydrogen-bond donors (Lipinski definition) is 1. The molecule has 0 aliphatic carbocycles. The van der Waals surface area contributed by atoms with Crippen molar-refractivity contribution in [1.29, 1.82) is 0 Å². The number of ether oxygens (including phenoxy) is 1. The lowest BCUT2D eigenvalue weighted by Crippen LogP contribution is -2.17. The smallest absolute Gasteiger partial charge is 0.308 e. The Hall–Kier alpha value is -3.84. The van der Waals surface area contributed by atoms with Crippen molar-refractivity contribution in [3.63, 3.8) is 0 Å². The molecule has 35 heavy (non-hydrogen) atoms. The summed E-state index contributed by atoms with van der Waals surface area (Å²) in [6, 6.07) is 14.2. The first kappa shape index (κ1) is 24.3. The van der Waals surface area contributed by atoms with Crippen LogP contribution in [0.1, 0.15) is 43.9 Å². The number of aliphatic hydroxyl groups is 1. The van der Waals surface area contributed by atoms with Crippen molar-refractivity contribution >= 4 is 34.1 Å². The summed E-state index contributed by atoms with van der Waals surface area (Å²) in [7, 11) is 1.23. The molecule has 0 aliphatic heterocycles. The minimum atomic E-state index is -1.13. The number of benzene rings is 2. The summed E-state index contributed by atoms with van der Waals surface area (Å²) in [4.78, 5) is 24.0. The molecule has 4 rings (SSSR count). The number of aliphatic hydroxyl groups excluding tert-OH is 1. The highest BCUT2D eigenvalue weighted by molar-refractivity contribution is 6.07. The van der Waals surface area contributed by atoms with Crippen LogP contribution in [0.25, 0.3) is 33.5 Å². The van der Waals surface area contributed by atoms with Crippen molar-refractivity contribution in [2.45, 2.75) is 38.7 Å². The first-order chi connectivity index (χ1) is 16.8. The molecule has 1 unspecified atom stereocenters. The van der Waals surface area contributed by atoms with Gasteiger partial charge in [-0.1, -0.05) is 50.2 Å². The van der Waals surface area contributed by atoms with Crippen LogP contribution in [0.15, 0.2) is 60.8 Å². The first-order valence-corrected chi connectivity index (χ1v) is 11.4. The van der Waals surface area contributed by atoms with Gasteiger partial charge in [0, 0.05) is 28.3 Å². The van der Waals surface area contributed by atoms with Crippen LogP contribution in [-0.4, -0.2) is 39.7 Å². The van der Waals surface area contributed by atoms with E-state index in [0.29, 0.717) is 0 Å². The Kier molecular flexibility index (Phi) is 7.07. The van der Waals surface area contributed by atoms with Gasteiger partial charge in [0.2, 0.25) is 0 Å². The Labute approximate surface area is 202 Å². The van der Waals surface area contributed by atoms with Crippen LogP contribution >= 0.6 is 0 Å². The van der Waals surface area contributed by atoms with Gasteiger partial charge in [0.15, 0.2) is 5.78 Å². The largest absolute Gasteiger partial charge is 0.469 e. The van der Waals surface area contributed by atoms with E-state index in [1.165, 1.54) is 25.3 Å². The third-order valence-corrected chi connectivity index (χ3v) is 5.93. The van der Waals surface area contributed by atoms with Crippen molar-refractivity contribution in [3.8, 4) is 11.1 Å². The van der Waals surface area contributed by atoms with Crippen LogP contribution in [0.4, 0.5) is 4.39 Å². The van der Waals surface area contributed by atoms with E-state index in [1.807, 2.05) is 48.8 Å². The molecular weight excluding hydrogens is 447 g/mol. The molecule has 2 heterocycles. The number of fused-ring (bicyclic) bond motifs is 3. The third-order valence-electron chi connectivity index (χ3n) is 5.93. The summed E-state index contributed by atoms with van der Waals surface area (Å²) in [5.41, 5.74) is 4.22. The number of ketones is 1. The fraction of sp³-hybridized carbons (Fsp3) is 0.250. The Morgan fingerprint density at radius 2 is 1.83 bits per heavy atom. The number of aromatic nitrogens is 2. The summed E-state index contributed by atoms with van der Waals surface area (Å²) in [5.74, 6) is -1.18. The van der Waals surface area contributed by atoms with E-state index in [9.17, 15) is 19.1 Å². The molecule has 180 valence electrons. The molecule has 0 fully saturated rings. The Morgan fingerprint density at radius 3 is 2.51 bits per heavy atom. The highest BCUT2D eigenvalue weighted by Crippen LogP contribution is 2.40. The number of carbonyl (C=O) groups excluding carboxylic acids is 2. The summed E-state index contributed by atoms with van der Waals surface area (Å²) in [6.07, 6.45) is 3.37. The summed E-state index contributed by atoms with van der Waals surface area (Å²) < 4.78 is 20.2. The fourth-order valence-corrected chi connectivity index (χ4v) is 4.37. The number of methoxy groups -OCH3 is 1. The lowest BCUT2D eigenvalue weighted by Gasteiger charge is -2.08. The molecule has 1 N–H and O–H groups in total. The Bertz CT molecular complexity index is 1420. The lowest BCUT2D eigenvalue weighted by molar-refractivity contribution is -0.143. The SMILES string of the molecule is COC(=O)CC(O)CC(=O)/C=C/c1c(-c2ccc(F)cc2)c2c3ccccc3cnn2c1C(C)C. The number of rotatable bonds is 8. The number of carbonyl (C=O) groups is 2. The second-order valence-electron chi connectivity index (χ2n) is 8.77. The topological polar surface area (TPSA) is 80.9 Å². The zero-order valence-corrected chi connectivity index (χ0v) is 19.9. The molecule has 2 aromatic heterocycles. The average molecular weight is 475 g/mol. The summed E-state index contributed by atoms with van der Waals surface area (Å²) in [5, 5.41) is 16.7. The second-order valence-corrected chi connectivity index (χ2v) is 8.77. The monoisotopic (exact) mass is 474 g/mol. The zero-order valence-electron chi connectivity index (χ0n) is 19.9. The molecule has 0 saturated carbocycles. The van der Waals surface area contributed by atoms with E-state index >= 15 is 0 Å². The van der Waals surface area contributed by atoms with Gasteiger partial charge in [-0.3, -0.25) is 9.59 Å². The molecule has 0 aliphatic rings. The van der Waals surface area contributed by atoms with Crippen molar-refractivity contribution in [2.75, 3.05) is 7.11 Å². The molecule has 4 aromatic rings. The number of esters is 1. The van der Waals surface area contributed by atoms with E-state index in [2.05, 4.69) is 4.74 Å². The molecule has 0 bridgehead atoms. The van der Waals surface area contributed by atoms with Gasteiger partial charge in [-0.2, -0.15) is 5.10 Å². The van der Waals surface area contributed by atoms with Crippen LogP contribution in [0, 0.1) is 5.82 Å². The quantitative estimate of drug-likeness (QED) is 0.276. The van der Waals surface area contributed by atoms with E-state index in [1.54, 1.807) is 18.2 Å². The zero-order chi connectivity index (χ0) is 25.1. The molecule has 0 radical (unpaired) electrons. The van der Waals surface area contributed by atoms with Gasteiger partial charge in [-0.15, -0.1) is 0 Å². The molecule has 1 atom stereocenters. The van der Waals surface area contributed by atoms with Crippen molar-refractivity contribution < 1.29 is 23.8 Å². The van der Waals surface area contributed by atoms with Crippen LogP contribution in [0.2, 0.25) is 0 Å². The predicted molar refractivity (Wildman–Crippen MR) is 133 cm³/mol. The van der Waals surface area contributed by atoms with E-state index < -0.39 is 12.1 Å². The van der Waals surface area contributed by atoms with Gasteiger partial charge in [0.05, 0.1) is 37.0 Å². The molecule has 2 aromatic carbocycles. The van der Waals surface area contributed by atoms with Gasteiger partial charge in [0.25, 0.3) is 0 Å². The maximum Gasteiger partial charge on any atom is 0.308 e. The van der Waals surface area contributed by atoms with Crippen molar-refractivity contribution in [3.05, 3.63) is 77.9 Å². The molecule has 0 saturated heterocycles. The molecule has 7 heteroatoms. The molecule has 0 amide bonds. The molecule has 6 nitrogen and oxygen atoms in total. The first-order valence-electron chi connectivity index (χ1n) is 11.4. The van der Waals surface area contributed by atoms with Gasteiger partial charge in [0.1, 0.15) is 5.82 Å². The second kappa shape index (κ2) is 10.2. The number of allylic oxidation sites excluding steroid dienone is 1. The minimum Gasteiger partial charge on any atom is -0.469 e. The van der Waals surface area contributed by atoms with E-state index in [0.717, 1.165) is 38.7 Å². The van der Waals surface area contributed by atoms with Crippen molar-refractivity contribution in [1.82, 2.24) is 9.61 Å². The Balaban J connectivity index is 1.89. The fourth-order valence-electron chi connectivity index (χ4n) is 4.37. The number of halogens is 1. The summed E-state index contributed by atoms with van der Waals surface area (Å²) >= 11 is 0. The highest BCUT2D eigenvalue weighted by Gasteiger charge is 2.23. The maximum absolute atomic E-state index is 13.8. The molecule has 0 spiro atoms. The van der Waals surface area contributed by atoms with E-state index in [-0.39, 0.29) is 30.4 Å². The van der Waals surface area contributed by atoms with Gasteiger partial charge < -0.3 is 9.84 Å². The van der Waals surface area contributed by atoms with Crippen LogP contribution in [0.5, 0.6) is 0 Å². The average Bonchev–Trinajstić information content (AvgIpc) is 3.18. The third kappa shape index (κ3) is 5.00. The highest BCUT2D eigenvalue weighted by atomic mass is 19.1. The van der Waals surface area contributed by atoms with Gasteiger partial charge in [-0.05, 0) is 35.8 Å². The van der Waals surface area contributed by atoms with Crippen LogP contribution < -0.4 is 0 Å². The van der Waals surface area contributed by atoms with Crippen LogP contribution in [0.3, 0.4) is 0 Å². The van der Waals surface area contributed by atoms with Crippen LogP contribution in [-0.2, 0) is 14.3 Å². The van der Waals surface area contributed by atoms with Gasteiger partial charge in [-0.25, -0.2) is 8.91 Å². The molecular formula is C28H27FN2O4. The predicted octanol–water partition coefficient (Wildman–Crippen LogP) is 5.31. The van der Waals surface area contributed by atoms with E-state index in [4.69, 9.17) is 5.10 Å². The maximum atomic E-state index is 13.8. The lowest BCUT2D eigenvalue weighted by atomic mass is 9.95. The minimum absolute atomic E-state index is 0.0602. The van der Waals surface area contributed by atoms with Crippen molar-refractivity contribution in [2.24, 2.45) is 0 Å². The number of nitrogens with zero attached hydrogens (tertiary/aromatic N) is 2. The number of hydrogen-bond acceptors (Lipinski definition) is 5. The standard InChI is InChI=1S/C28H27FN2O4/c1-17(2)27-24(13-12-21(32)14-22(33)15-25(34)35-3)26(18-8-10-20(29)11-9-18)28-23-7-5-4-6-19(23)16-30-31(27)28/h4-13,16-17,22,33H,14-15H2,1-3H3/b13-12+. The Morgan fingerprint density at radius 1 is 1.11 bits per heavy atom. The van der Waals surface area contributed by atoms with Gasteiger partial charge >= 0.3 is 5.97 Å². The normalized spacial score (nSPS) is 12.6. The summed E-state index contributed by atoms with van der Waals surface area (Å²) in [6.45, 7) is 4.10.